The summed E-state index contributed by atoms with van der Waals surface area (Å²) in [6, 6.07) is 3.32. The van der Waals surface area contributed by atoms with Gasteiger partial charge in [0.25, 0.3) is 5.91 Å². The molecule has 0 spiro atoms. The number of nitrogens with zero attached hydrogens (tertiary/aromatic N) is 1. The van der Waals surface area contributed by atoms with Gasteiger partial charge in [-0.2, -0.15) is 0 Å². The summed E-state index contributed by atoms with van der Waals surface area (Å²) < 4.78 is 0. The maximum atomic E-state index is 12.4. The maximum Gasteiger partial charge on any atom is 0.253 e. The van der Waals surface area contributed by atoms with E-state index in [4.69, 9.17) is 18.0 Å². The van der Waals surface area contributed by atoms with E-state index in [1.54, 1.807) is 18.3 Å². The maximum absolute atomic E-state index is 12.4. The van der Waals surface area contributed by atoms with E-state index < -0.39 is 0 Å². The van der Waals surface area contributed by atoms with Crippen LogP contribution in [0.15, 0.2) is 18.3 Å². The molecule has 1 aromatic rings. The summed E-state index contributed by atoms with van der Waals surface area (Å²) in [5, 5.41) is 3.00. The van der Waals surface area contributed by atoms with Gasteiger partial charge < -0.3 is 11.1 Å². The first-order valence-electron chi connectivity index (χ1n) is 7.11. The van der Waals surface area contributed by atoms with E-state index in [1.165, 1.54) is 19.3 Å². The highest BCUT2D eigenvalue weighted by Crippen LogP contribution is 2.27. The zero-order chi connectivity index (χ0) is 14.5. The molecule has 1 fully saturated rings. The van der Waals surface area contributed by atoms with E-state index in [1.807, 2.05) is 6.92 Å². The highest BCUT2D eigenvalue weighted by Gasteiger charge is 2.27. The summed E-state index contributed by atoms with van der Waals surface area (Å²) >= 11 is 5.15. The molecule has 1 atom stereocenters. The number of amides is 1. The molecule has 1 aromatic heterocycles. The van der Waals surface area contributed by atoms with Crippen molar-refractivity contribution in [3.8, 4) is 0 Å². The van der Waals surface area contributed by atoms with Crippen molar-refractivity contribution in [1.82, 2.24) is 10.3 Å². The van der Waals surface area contributed by atoms with Gasteiger partial charge in [-0.3, -0.25) is 9.78 Å². The number of hydrogen-bond acceptors (Lipinski definition) is 3. The summed E-state index contributed by atoms with van der Waals surface area (Å²) in [5.74, 6) is 0.223. The van der Waals surface area contributed by atoms with Gasteiger partial charge in [0, 0.05) is 11.9 Å². The van der Waals surface area contributed by atoms with E-state index in [0.29, 0.717) is 16.5 Å². The van der Waals surface area contributed by atoms with Crippen LogP contribution < -0.4 is 11.1 Å². The van der Waals surface area contributed by atoms with E-state index >= 15 is 0 Å². The average Bonchev–Trinajstić information content (AvgIpc) is 2.45. The molecule has 1 amide bonds. The van der Waals surface area contributed by atoms with Gasteiger partial charge in [0.15, 0.2) is 0 Å². The van der Waals surface area contributed by atoms with Crippen molar-refractivity contribution in [1.29, 1.82) is 0 Å². The van der Waals surface area contributed by atoms with Crippen molar-refractivity contribution in [2.45, 2.75) is 45.1 Å². The number of nitrogens with two attached hydrogens (primary N) is 1. The molecule has 1 aliphatic rings. The van der Waals surface area contributed by atoms with Crippen molar-refractivity contribution in [2.75, 3.05) is 0 Å². The topological polar surface area (TPSA) is 68.0 Å². The van der Waals surface area contributed by atoms with E-state index in [2.05, 4.69) is 10.3 Å². The zero-order valence-electron chi connectivity index (χ0n) is 11.8. The Kier molecular flexibility index (Phi) is 5.06. The van der Waals surface area contributed by atoms with Crippen LogP contribution in [0.5, 0.6) is 0 Å². The number of thiocarbonyl (C=S) groups is 1. The molecular formula is C15H21N3OS. The van der Waals surface area contributed by atoms with Gasteiger partial charge in [0.2, 0.25) is 0 Å². The molecule has 1 unspecified atom stereocenters. The standard InChI is InChI=1S/C15H21N3OS/c1-10-12(8-5-9-17-10)15(19)18-13(14(16)20)11-6-3-2-4-7-11/h5,8-9,11,13H,2-4,6-7H2,1H3,(H2,16,20)(H,18,19). The molecule has 0 aromatic carbocycles. The Morgan fingerprint density at radius 3 is 2.75 bits per heavy atom. The molecular weight excluding hydrogens is 270 g/mol. The normalized spacial score (nSPS) is 17.4. The van der Waals surface area contributed by atoms with Gasteiger partial charge in [-0.1, -0.05) is 31.5 Å². The SMILES string of the molecule is Cc1ncccc1C(=O)NC(C(N)=S)C1CCCCC1. The number of aromatic nitrogens is 1. The van der Waals surface area contributed by atoms with E-state index in [-0.39, 0.29) is 11.9 Å². The summed E-state index contributed by atoms with van der Waals surface area (Å²) in [6.07, 6.45) is 7.47. The fourth-order valence-electron chi connectivity index (χ4n) is 2.83. The van der Waals surface area contributed by atoms with Crippen LogP contribution in [-0.4, -0.2) is 21.9 Å². The first kappa shape index (κ1) is 14.9. The minimum atomic E-state index is -0.211. The predicted molar refractivity (Wildman–Crippen MR) is 83.6 cm³/mol. The third-order valence-corrected chi connectivity index (χ3v) is 4.22. The lowest BCUT2D eigenvalue weighted by Gasteiger charge is -2.30. The molecule has 3 N–H and O–H groups in total. The Labute approximate surface area is 125 Å². The second-order valence-corrected chi connectivity index (χ2v) is 5.86. The summed E-state index contributed by atoms with van der Waals surface area (Å²) in [6.45, 7) is 1.82. The molecule has 0 aliphatic heterocycles. The highest BCUT2D eigenvalue weighted by molar-refractivity contribution is 7.80. The van der Waals surface area contributed by atoms with Gasteiger partial charge in [0.1, 0.15) is 0 Å². The number of aryl methyl sites for hydroxylation is 1. The monoisotopic (exact) mass is 291 g/mol. The zero-order valence-corrected chi connectivity index (χ0v) is 12.6. The van der Waals surface area contributed by atoms with Crippen LogP contribution in [0.25, 0.3) is 0 Å². The molecule has 4 nitrogen and oxygen atoms in total. The van der Waals surface area contributed by atoms with Crippen LogP contribution in [-0.2, 0) is 0 Å². The van der Waals surface area contributed by atoms with Gasteiger partial charge in [0.05, 0.1) is 16.6 Å². The number of carbonyl (C=O) groups is 1. The lowest BCUT2D eigenvalue weighted by Crippen LogP contribution is -2.49. The smallest absolute Gasteiger partial charge is 0.253 e. The first-order valence-corrected chi connectivity index (χ1v) is 7.52. The number of pyridine rings is 1. The van der Waals surface area contributed by atoms with Gasteiger partial charge in [-0.15, -0.1) is 0 Å². The van der Waals surface area contributed by atoms with Crippen LogP contribution in [0.2, 0.25) is 0 Å². The van der Waals surface area contributed by atoms with Crippen molar-refractivity contribution in [3.05, 3.63) is 29.6 Å². The number of hydrogen-bond donors (Lipinski definition) is 2. The second-order valence-electron chi connectivity index (χ2n) is 5.39. The molecule has 20 heavy (non-hydrogen) atoms. The van der Waals surface area contributed by atoms with E-state index in [9.17, 15) is 4.79 Å². The fourth-order valence-corrected chi connectivity index (χ4v) is 3.08. The highest BCUT2D eigenvalue weighted by atomic mass is 32.1. The lowest BCUT2D eigenvalue weighted by atomic mass is 9.83. The van der Waals surface area contributed by atoms with Crippen molar-refractivity contribution in [3.63, 3.8) is 0 Å². The molecule has 0 radical (unpaired) electrons. The molecule has 1 heterocycles. The van der Waals surface area contributed by atoms with Crippen LogP contribution in [0.4, 0.5) is 0 Å². The first-order chi connectivity index (χ1) is 9.59. The summed E-state index contributed by atoms with van der Waals surface area (Å²) in [4.78, 5) is 16.9. The minimum absolute atomic E-state index is 0.140. The second kappa shape index (κ2) is 6.79. The fraction of sp³-hybridized carbons (Fsp3) is 0.533. The van der Waals surface area contributed by atoms with Crippen molar-refractivity contribution in [2.24, 2.45) is 11.7 Å². The van der Waals surface area contributed by atoms with Crippen molar-refractivity contribution < 1.29 is 4.79 Å². The number of carbonyl (C=O) groups excluding carboxylic acids is 1. The van der Waals surface area contributed by atoms with Crippen molar-refractivity contribution >= 4 is 23.1 Å². The Morgan fingerprint density at radius 1 is 1.45 bits per heavy atom. The molecule has 5 heteroatoms. The minimum Gasteiger partial charge on any atom is -0.392 e. The molecule has 0 saturated heterocycles. The van der Waals surface area contributed by atoms with Crippen LogP contribution in [0.3, 0.4) is 0 Å². The third kappa shape index (κ3) is 3.54. The Morgan fingerprint density at radius 2 is 2.15 bits per heavy atom. The van der Waals surface area contributed by atoms with Crippen LogP contribution in [0.1, 0.15) is 48.2 Å². The average molecular weight is 291 g/mol. The molecule has 1 aliphatic carbocycles. The molecule has 108 valence electrons. The Balaban J connectivity index is 2.10. The molecule has 1 saturated carbocycles. The molecule has 2 rings (SSSR count). The largest absolute Gasteiger partial charge is 0.392 e. The van der Waals surface area contributed by atoms with Gasteiger partial charge >= 0.3 is 0 Å². The van der Waals surface area contributed by atoms with E-state index in [0.717, 1.165) is 18.5 Å². The Bertz CT molecular complexity index is 498. The lowest BCUT2D eigenvalue weighted by molar-refractivity contribution is 0.0931. The van der Waals surface area contributed by atoms with Crippen LogP contribution >= 0.6 is 12.2 Å². The quantitative estimate of drug-likeness (QED) is 0.836. The van der Waals surface area contributed by atoms with Gasteiger partial charge in [-0.25, -0.2) is 0 Å². The summed E-state index contributed by atoms with van der Waals surface area (Å²) in [7, 11) is 0. The Hall–Kier alpha value is -1.49. The predicted octanol–water partition coefficient (Wildman–Crippen LogP) is 2.35. The molecule has 0 bridgehead atoms. The van der Waals surface area contributed by atoms with Gasteiger partial charge in [-0.05, 0) is 37.8 Å². The third-order valence-electron chi connectivity index (χ3n) is 3.97. The summed E-state index contributed by atoms with van der Waals surface area (Å²) in [5.41, 5.74) is 7.14. The number of nitrogens with one attached hydrogen (secondary N) is 1. The number of rotatable bonds is 4. The van der Waals surface area contributed by atoms with Crippen LogP contribution in [0, 0.1) is 12.8 Å².